The monoisotopic (exact) mass is 286 g/mol. The summed E-state index contributed by atoms with van der Waals surface area (Å²) in [6.45, 7) is 6.60. The molecule has 112 valence electrons. The van der Waals surface area contributed by atoms with Gasteiger partial charge in [-0.15, -0.1) is 0 Å². The van der Waals surface area contributed by atoms with E-state index in [1.165, 1.54) is 0 Å². The first kappa shape index (κ1) is 15.3. The van der Waals surface area contributed by atoms with Gasteiger partial charge < -0.3 is 15.8 Å². The summed E-state index contributed by atoms with van der Waals surface area (Å²) in [7, 11) is 1.68. The molecule has 1 aromatic heterocycles. The summed E-state index contributed by atoms with van der Waals surface area (Å²) >= 11 is 0. The van der Waals surface area contributed by atoms with Gasteiger partial charge in [0.2, 0.25) is 0 Å². The van der Waals surface area contributed by atoms with Crippen LogP contribution in [-0.2, 0) is 11.3 Å². The SMILES string of the molecule is COCc1cccc(Nc2nc(C(C)C)nc(N)c2C)c1. The van der Waals surface area contributed by atoms with Gasteiger partial charge in [-0.05, 0) is 24.6 Å². The number of aromatic nitrogens is 2. The highest BCUT2D eigenvalue weighted by atomic mass is 16.5. The number of nitrogens with one attached hydrogen (secondary N) is 1. The first-order valence-electron chi connectivity index (χ1n) is 7.00. The second-order valence-electron chi connectivity index (χ2n) is 5.35. The molecule has 0 aliphatic heterocycles. The number of nitrogens with zero attached hydrogens (tertiary/aromatic N) is 2. The van der Waals surface area contributed by atoms with Gasteiger partial charge in [0.25, 0.3) is 0 Å². The first-order valence-corrected chi connectivity index (χ1v) is 7.00. The number of benzene rings is 1. The molecule has 21 heavy (non-hydrogen) atoms. The van der Waals surface area contributed by atoms with Gasteiger partial charge >= 0.3 is 0 Å². The number of hydrogen-bond donors (Lipinski definition) is 2. The van der Waals surface area contributed by atoms with E-state index in [1.807, 2.05) is 45.0 Å². The van der Waals surface area contributed by atoms with E-state index in [-0.39, 0.29) is 5.92 Å². The Hall–Kier alpha value is -2.14. The minimum absolute atomic E-state index is 0.230. The van der Waals surface area contributed by atoms with E-state index in [2.05, 4.69) is 15.3 Å². The summed E-state index contributed by atoms with van der Waals surface area (Å²) in [5.41, 5.74) is 8.90. The summed E-state index contributed by atoms with van der Waals surface area (Å²) in [4.78, 5) is 8.90. The Labute approximate surface area is 125 Å². The fourth-order valence-corrected chi connectivity index (χ4v) is 1.97. The van der Waals surface area contributed by atoms with Crippen molar-refractivity contribution in [1.29, 1.82) is 0 Å². The predicted octanol–water partition coefficient (Wildman–Crippen LogP) is 3.38. The molecule has 0 saturated carbocycles. The topological polar surface area (TPSA) is 73.1 Å². The van der Waals surface area contributed by atoms with Crippen LogP contribution in [0.5, 0.6) is 0 Å². The molecule has 1 aromatic carbocycles. The number of hydrogen-bond acceptors (Lipinski definition) is 5. The second kappa shape index (κ2) is 6.54. The Morgan fingerprint density at radius 3 is 2.71 bits per heavy atom. The number of ether oxygens (including phenoxy) is 1. The fraction of sp³-hybridized carbons (Fsp3) is 0.375. The highest BCUT2D eigenvalue weighted by Gasteiger charge is 2.11. The van der Waals surface area contributed by atoms with Gasteiger partial charge in [0.1, 0.15) is 17.5 Å². The highest BCUT2D eigenvalue weighted by molar-refractivity contribution is 5.64. The Kier molecular flexibility index (Phi) is 4.75. The van der Waals surface area contributed by atoms with Crippen molar-refractivity contribution < 1.29 is 4.74 Å². The van der Waals surface area contributed by atoms with Crippen LogP contribution in [0.15, 0.2) is 24.3 Å². The van der Waals surface area contributed by atoms with Gasteiger partial charge in [-0.1, -0.05) is 26.0 Å². The summed E-state index contributed by atoms with van der Waals surface area (Å²) in [5, 5.41) is 3.32. The van der Waals surface area contributed by atoms with Crippen molar-refractivity contribution in [3.8, 4) is 0 Å². The predicted molar refractivity (Wildman–Crippen MR) is 85.7 cm³/mol. The van der Waals surface area contributed by atoms with Gasteiger partial charge in [0.05, 0.1) is 6.61 Å². The van der Waals surface area contributed by atoms with Crippen LogP contribution in [0, 0.1) is 6.92 Å². The Morgan fingerprint density at radius 2 is 2.05 bits per heavy atom. The molecule has 5 nitrogen and oxygen atoms in total. The van der Waals surface area contributed by atoms with Crippen LogP contribution < -0.4 is 11.1 Å². The zero-order valence-corrected chi connectivity index (χ0v) is 13.0. The lowest BCUT2D eigenvalue weighted by Crippen LogP contribution is -2.08. The van der Waals surface area contributed by atoms with Gasteiger partial charge in [0, 0.05) is 24.3 Å². The normalized spacial score (nSPS) is 10.9. The molecule has 0 saturated heterocycles. The van der Waals surface area contributed by atoms with Crippen molar-refractivity contribution in [2.75, 3.05) is 18.2 Å². The molecule has 0 amide bonds. The fourth-order valence-electron chi connectivity index (χ4n) is 1.97. The summed E-state index contributed by atoms with van der Waals surface area (Å²) < 4.78 is 5.15. The molecule has 0 bridgehead atoms. The number of nitrogens with two attached hydrogens (primary N) is 1. The maximum absolute atomic E-state index is 5.98. The van der Waals surface area contributed by atoms with Crippen LogP contribution in [0.4, 0.5) is 17.3 Å². The first-order chi connectivity index (χ1) is 10.0. The molecule has 5 heteroatoms. The highest BCUT2D eigenvalue weighted by Crippen LogP contribution is 2.24. The molecule has 0 unspecified atom stereocenters. The lowest BCUT2D eigenvalue weighted by Gasteiger charge is -2.14. The molecule has 3 N–H and O–H groups in total. The summed E-state index contributed by atoms with van der Waals surface area (Å²) in [6.07, 6.45) is 0. The smallest absolute Gasteiger partial charge is 0.139 e. The van der Waals surface area contributed by atoms with Crippen molar-refractivity contribution in [1.82, 2.24) is 9.97 Å². The van der Waals surface area contributed by atoms with E-state index >= 15 is 0 Å². The minimum atomic E-state index is 0.230. The zero-order chi connectivity index (χ0) is 15.4. The van der Waals surface area contributed by atoms with Crippen LogP contribution >= 0.6 is 0 Å². The Bertz CT molecular complexity index is 626. The molecule has 0 spiro atoms. The van der Waals surface area contributed by atoms with Crippen molar-refractivity contribution in [2.45, 2.75) is 33.3 Å². The van der Waals surface area contributed by atoms with Crippen molar-refractivity contribution in [2.24, 2.45) is 0 Å². The van der Waals surface area contributed by atoms with Gasteiger partial charge in [0.15, 0.2) is 0 Å². The largest absolute Gasteiger partial charge is 0.383 e. The van der Waals surface area contributed by atoms with Gasteiger partial charge in [-0.25, -0.2) is 9.97 Å². The third-order valence-electron chi connectivity index (χ3n) is 3.22. The molecular weight excluding hydrogens is 264 g/mol. The number of methoxy groups -OCH3 is 1. The molecule has 0 atom stereocenters. The quantitative estimate of drug-likeness (QED) is 0.881. The van der Waals surface area contributed by atoms with E-state index in [0.717, 1.165) is 28.5 Å². The van der Waals surface area contributed by atoms with E-state index in [1.54, 1.807) is 7.11 Å². The summed E-state index contributed by atoms with van der Waals surface area (Å²) in [5.74, 6) is 2.24. The van der Waals surface area contributed by atoms with Crippen LogP contribution in [0.3, 0.4) is 0 Å². The standard InChI is InChI=1S/C16H22N4O/c1-10(2)15-19-14(17)11(3)16(20-15)18-13-7-5-6-12(8-13)9-21-4/h5-8,10H,9H2,1-4H3,(H3,17,18,19,20). The zero-order valence-electron chi connectivity index (χ0n) is 13.0. The van der Waals surface area contributed by atoms with Crippen LogP contribution in [0.2, 0.25) is 0 Å². The lowest BCUT2D eigenvalue weighted by atomic mass is 10.2. The molecule has 2 aromatic rings. The van der Waals surface area contributed by atoms with Gasteiger partial charge in [-0.2, -0.15) is 0 Å². The van der Waals surface area contributed by atoms with Crippen molar-refractivity contribution in [3.63, 3.8) is 0 Å². The third-order valence-corrected chi connectivity index (χ3v) is 3.22. The second-order valence-corrected chi connectivity index (χ2v) is 5.35. The Balaban J connectivity index is 2.32. The average molecular weight is 286 g/mol. The number of nitrogen functional groups attached to an aromatic ring is 1. The maximum Gasteiger partial charge on any atom is 0.139 e. The molecule has 2 rings (SSSR count). The molecule has 0 aliphatic rings. The van der Waals surface area contributed by atoms with Crippen molar-refractivity contribution >= 4 is 17.3 Å². The van der Waals surface area contributed by atoms with Crippen molar-refractivity contribution in [3.05, 3.63) is 41.2 Å². The average Bonchev–Trinajstić information content (AvgIpc) is 2.44. The van der Waals surface area contributed by atoms with E-state index < -0.39 is 0 Å². The lowest BCUT2D eigenvalue weighted by molar-refractivity contribution is 0.185. The molecule has 0 aliphatic carbocycles. The van der Waals surface area contributed by atoms with E-state index in [0.29, 0.717) is 12.4 Å². The molecular formula is C16H22N4O. The minimum Gasteiger partial charge on any atom is -0.383 e. The third kappa shape index (κ3) is 3.70. The van der Waals surface area contributed by atoms with E-state index in [9.17, 15) is 0 Å². The number of rotatable bonds is 5. The molecule has 0 radical (unpaired) electrons. The van der Waals surface area contributed by atoms with E-state index in [4.69, 9.17) is 10.5 Å². The van der Waals surface area contributed by atoms with Crippen LogP contribution in [0.1, 0.15) is 36.7 Å². The Morgan fingerprint density at radius 1 is 1.29 bits per heavy atom. The molecule has 0 fully saturated rings. The van der Waals surface area contributed by atoms with Crippen LogP contribution in [0.25, 0.3) is 0 Å². The summed E-state index contributed by atoms with van der Waals surface area (Å²) in [6, 6.07) is 8.04. The van der Waals surface area contributed by atoms with Gasteiger partial charge in [-0.3, -0.25) is 0 Å². The molecule has 1 heterocycles. The maximum atomic E-state index is 5.98. The van der Waals surface area contributed by atoms with Crippen LogP contribution in [-0.4, -0.2) is 17.1 Å². The number of anilines is 3.